The van der Waals surface area contributed by atoms with E-state index in [-0.39, 0.29) is 18.3 Å². The number of carbonyl (C=O) groups excluding carboxylic acids is 1. The van der Waals surface area contributed by atoms with E-state index < -0.39 is 0 Å². The summed E-state index contributed by atoms with van der Waals surface area (Å²) in [5.41, 5.74) is 2.94. The molecule has 1 N–H and O–H groups in total. The fourth-order valence-corrected chi connectivity index (χ4v) is 5.15. The van der Waals surface area contributed by atoms with Crippen molar-refractivity contribution in [3.05, 3.63) is 76.2 Å². The maximum absolute atomic E-state index is 12.6. The summed E-state index contributed by atoms with van der Waals surface area (Å²) in [6.07, 6.45) is 19.1. The fraction of sp³-hybridized carbons (Fsp3) is 0.500. The van der Waals surface area contributed by atoms with Crippen LogP contribution in [0.4, 0.5) is 5.69 Å². The van der Waals surface area contributed by atoms with Crippen molar-refractivity contribution in [1.82, 2.24) is 4.98 Å². The van der Waals surface area contributed by atoms with Crippen LogP contribution in [-0.4, -0.2) is 17.5 Å². The summed E-state index contributed by atoms with van der Waals surface area (Å²) < 4.78 is 5.90. The molecule has 1 heterocycles. The summed E-state index contributed by atoms with van der Waals surface area (Å²) in [7, 11) is 0. The number of halogens is 1. The molecule has 0 saturated carbocycles. The summed E-state index contributed by atoms with van der Waals surface area (Å²) in [6.45, 7) is 3.03. The highest BCUT2D eigenvalue weighted by molar-refractivity contribution is 7.09. The van der Waals surface area contributed by atoms with E-state index in [1.807, 2.05) is 54.0 Å². The van der Waals surface area contributed by atoms with Crippen molar-refractivity contribution < 1.29 is 9.53 Å². The van der Waals surface area contributed by atoms with E-state index in [1.54, 1.807) is 11.3 Å². The molecule has 0 aliphatic carbocycles. The van der Waals surface area contributed by atoms with E-state index >= 15 is 0 Å². The number of aromatic nitrogens is 1. The maximum Gasteiger partial charge on any atom is 0.228 e. The highest BCUT2D eigenvalue weighted by Gasteiger charge is 2.06. The van der Waals surface area contributed by atoms with E-state index in [1.165, 1.54) is 70.6 Å². The van der Waals surface area contributed by atoms with Crippen molar-refractivity contribution in [3.8, 4) is 5.75 Å². The largest absolute Gasteiger partial charge is 0.494 e. The zero-order chi connectivity index (χ0) is 26.0. The third-order valence-corrected chi connectivity index (χ3v) is 7.38. The molecular weight excluding hydrogens is 512 g/mol. The van der Waals surface area contributed by atoms with Gasteiger partial charge in [0.2, 0.25) is 5.91 Å². The second-order valence-electron chi connectivity index (χ2n) is 9.91. The van der Waals surface area contributed by atoms with Crippen LogP contribution in [0.25, 0.3) is 0 Å². The van der Waals surface area contributed by atoms with Gasteiger partial charge in [-0.15, -0.1) is 23.7 Å². The number of carbonyl (C=O) groups is 1. The molecule has 0 saturated heterocycles. The van der Waals surface area contributed by atoms with Gasteiger partial charge in [-0.25, -0.2) is 4.98 Å². The molecule has 3 rings (SSSR count). The highest BCUT2D eigenvalue weighted by atomic mass is 35.5. The van der Waals surface area contributed by atoms with Crippen LogP contribution in [-0.2, 0) is 17.6 Å². The van der Waals surface area contributed by atoms with Crippen LogP contribution in [0.15, 0.2) is 60.1 Å². The predicted molar refractivity (Wildman–Crippen MR) is 164 cm³/mol. The number of benzene rings is 2. The van der Waals surface area contributed by atoms with E-state index in [0.29, 0.717) is 6.42 Å². The van der Waals surface area contributed by atoms with E-state index in [0.717, 1.165) is 47.0 Å². The van der Waals surface area contributed by atoms with E-state index in [9.17, 15) is 4.79 Å². The Balaban J connectivity index is 0.00000507. The lowest BCUT2D eigenvalue weighted by atomic mass is 10.1. The van der Waals surface area contributed by atoms with Gasteiger partial charge in [-0.2, -0.15) is 0 Å². The summed E-state index contributed by atoms with van der Waals surface area (Å²) in [4.78, 5) is 16.9. The monoisotopic (exact) mass is 556 g/mol. The number of ether oxygens (including phenoxy) is 1. The number of rotatable bonds is 19. The van der Waals surface area contributed by atoms with Crippen molar-refractivity contribution in [1.29, 1.82) is 0 Å². The second-order valence-corrected chi connectivity index (χ2v) is 10.9. The van der Waals surface area contributed by atoms with Crippen molar-refractivity contribution in [2.75, 3.05) is 11.9 Å². The van der Waals surface area contributed by atoms with Gasteiger partial charge in [-0.1, -0.05) is 102 Å². The van der Waals surface area contributed by atoms with Crippen LogP contribution in [0.1, 0.15) is 100 Å². The number of unbranched alkanes of at least 4 members (excludes halogenated alkanes) is 11. The zero-order valence-corrected chi connectivity index (χ0v) is 24.6. The topological polar surface area (TPSA) is 51.2 Å². The van der Waals surface area contributed by atoms with Crippen LogP contribution in [0, 0.1) is 0 Å². The Labute approximate surface area is 240 Å². The molecule has 0 atom stereocenters. The van der Waals surface area contributed by atoms with Gasteiger partial charge in [-0.3, -0.25) is 4.79 Å². The molecule has 1 aromatic heterocycles. The summed E-state index contributed by atoms with van der Waals surface area (Å²) >= 11 is 1.64. The summed E-state index contributed by atoms with van der Waals surface area (Å²) in [5, 5.41) is 6.07. The molecule has 208 valence electrons. The Morgan fingerprint density at radius 2 is 1.50 bits per heavy atom. The Bertz CT molecular complexity index is 1010. The Hall–Kier alpha value is -2.37. The highest BCUT2D eigenvalue weighted by Crippen LogP contribution is 2.18. The molecule has 0 aliphatic rings. The summed E-state index contributed by atoms with van der Waals surface area (Å²) in [5.74, 6) is 0.860. The molecule has 38 heavy (non-hydrogen) atoms. The maximum atomic E-state index is 12.6. The number of thiazole rings is 1. The second kappa shape index (κ2) is 19.7. The minimum absolute atomic E-state index is 0. The van der Waals surface area contributed by atoms with Gasteiger partial charge in [-0.05, 0) is 41.8 Å². The third kappa shape index (κ3) is 13.4. The molecule has 4 nitrogen and oxygen atoms in total. The van der Waals surface area contributed by atoms with Crippen molar-refractivity contribution in [3.63, 3.8) is 0 Å². The molecule has 6 heteroatoms. The molecule has 0 fully saturated rings. The third-order valence-electron chi connectivity index (χ3n) is 6.60. The first kappa shape index (κ1) is 31.8. The van der Waals surface area contributed by atoms with E-state index in [2.05, 4.69) is 23.3 Å². The molecule has 0 bridgehead atoms. The van der Waals surface area contributed by atoms with Gasteiger partial charge in [0.1, 0.15) is 5.75 Å². The number of hydrogen-bond acceptors (Lipinski definition) is 4. The molecule has 1 amide bonds. The fourth-order valence-electron chi connectivity index (χ4n) is 4.50. The minimum Gasteiger partial charge on any atom is -0.494 e. The number of nitrogens with one attached hydrogen (secondary N) is 1. The minimum atomic E-state index is -0.0171. The lowest BCUT2D eigenvalue weighted by Gasteiger charge is -2.09. The van der Waals surface area contributed by atoms with Gasteiger partial charge in [0.25, 0.3) is 0 Å². The first-order chi connectivity index (χ1) is 18.2. The normalized spacial score (nSPS) is 10.7. The van der Waals surface area contributed by atoms with Gasteiger partial charge in [0, 0.05) is 23.7 Å². The van der Waals surface area contributed by atoms with Gasteiger partial charge in [0.15, 0.2) is 0 Å². The smallest absolute Gasteiger partial charge is 0.228 e. The molecule has 0 spiro atoms. The lowest BCUT2D eigenvalue weighted by Crippen LogP contribution is -2.14. The SMILES string of the molecule is CCCCCCCCCCCCCCOc1ccc(CC(=O)Nc2cccc(Cc3nccs3)c2)cc1.Cl. The molecule has 0 radical (unpaired) electrons. The van der Waals surface area contributed by atoms with Crippen LogP contribution >= 0.6 is 23.7 Å². The van der Waals surface area contributed by atoms with Crippen LogP contribution < -0.4 is 10.1 Å². The van der Waals surface area contributed by atoms with Crippen LogP contribution in [0.5, 0.6) is 5.75 Å². The molecule has 0 unspecified atom stereocenters. The predicted octanol–water partition coefficient (Wildman–Crippen LogP) is 9.42. The van der Waals surface area contributed by atoms with Gasteiger partial charge >= 0.3 is 0 Å². The Morgan fingerprint density at radius 3 is 2.13 bits per heavy atom. The van der Waals surface area contributed by atoms with Gasteiger partial charge < -0.3 is 10.1 Å². The van der Waals surface area contributed by atoms with Gasteiger partial charge in [0.05, 0.1) is 18.0 Å². The molecule has 3 aromatic rings. The quantitative estimate of drug-likeness (QED) is 0.150. The zero-order valence-electron chi connectivity index (χ0n) is 23.0. The summed E-state index contributed by atoms with van der Waals surface area (Å²) in [6, 6.07) is 15.9. The molecule has 2 aromatic carbocycles. The van der Waals surface area contributed by atoms with Crippen LogP contribution in [0.3, 0.4) is 0 Å². The van der Waals surface area contributed by atoms with Crippen molar-refractivity contribution in [2.24, 2.45) is 0 Å². The number of hydrogen-bond donors (Lipinski definition) is 1. The standard InChI is InChI=1S/C32H44N2O2S.ClH/c1-2-3-4-5-6-7-8-9-10-11-12-13-22-36-30-19-17-27(18-20-30)25-31(35)34-29-16-14-15-28(24-29)26-32-33-21-23-37-32;/h14-21,23-24H,2-13,22,25-26H2,1H3,(H,34,35);1H. The first-order valence-corrected chi connectivity index (χ1v) is 15.1. The van der Waals surface area contributed by atoms with Crippen molar-refractivity contribution in [2.45, 2.75) is 96.8 Å². The number of anilines is 1. The lowest BCUT2D eigenvalue weighted by molar-refractivity contribution is -0.115. The Kier molecular flexibility index (Phi) is 16.5. The first-order valence-electron chi connectivity index (χ1n) is 14.2. The van der Waals surface area contributed by atoms with E-state index in [4.69, 9.17) is 4.74 Å². The van der Waals surface area contributed by atoms with Crippen LogP contribution in [0.2, 0.25) is 0 Å². The number of nitrogens with zero attached hydrogens (tertiary/aromatic N) is 1. The van der Waals surface area contributed by atoms with Crippen molar-refractivity contribution >= 4 is 35.3 Å². The number of amides is 1. The molecular formula is C32H45ClN2O2S. The average Bonchev–Trinajstić information content (AvgIpc) is 3.41. The average molecular weight is 557 g/mol. The Morgan fingerprint density at radius 1 is 0.842 bits per heavy atom. The molecule has 0 aliphatic heterocycles.